The highest BCUT2D eigenvalue weighted by atomic mass is 16.4. The fourth-order valence-corrected chi connectivity index (χ4v) is 3.25. The van der Waals surface area contributed by atoms with Gasteiger partial charge in [-0.05, 0) is 49.2 Å². The summed E-state index contributed by atoms with van der Waals surface area (Å²) in [5, 5.41) is 12.7. The molecule has 0 aromatic heterocycles. The van der Waals surface area contributed by atoms with Crippen LogP contribution in [0.2, 0.25) is 0 Å². The standard InChI is InChI=1S/C20H24N2O2/c23-20(24)18-10-6-7-16(13-18)14-21-19(15-22-11-4-5-12-22)17-8-2-1-3-9-17/h1-3,6-10,13,19,21H,4-5,11-12,14-15H2,(H,23,24). The van der Waals surface area contributed by atoms with Gasteiger partial charge in [0.2, 0.25) is 0 Å². The number of aromatic carboxylic acids is 1. The summed E-state index contributed by atoms with van der Waals surface area (Å²) in [6.45, 7) is 3.98. The van der Waals surface area contributed by atoms with Crippen LogP contribution in [-0.2, 0) is 6.54 Å². The summed E-state index contributed by atoms with van der Waals surface area (Å²) in [5.74, 6) is -0.881. The minimum absolute atomic E-state index is 0.248. The predicted molar refractivity (Wildman–Crippen MR) is 95.1 cm³/mol. The molecule has 4 nitrogen and oxygen atoms in total. The Balaban J connectivity index is 1.69. The summed E-state index contributed by atoms with van der Waals surface area (Å²) in [4.78, 5) is 13.6. The molecule has 2 aromatic carbocycles. The van der Waals surface area contributed by atoms with Crippen molar-refractivity contribution in [2.45, 2.75) is 25.4 Å². The molecule has 0 aliphatic carbocycles. The third kappa shape index (κ3) is 4.43. The van der Waals surface area contributed by atoms with Crippen molar-refractivity contribution in [2.75, 3.05) is 19.6 Å². The number of carboxylic acid groups (broad SMARTS) is 1. The lowest BCUT2D eigenvalue weighted by Crippen LogP contribution is -2.33. The largest absolute Gasteiger partial charge is 0.478 e. The monoisotopic (exact) mass is 324 g/mol. The van der Waals surface area contributed by atoms with Crippen molar-refractivity contribution < 1.29 is 9.90 Å². The average molecular weight is 324 g/mol. The number of carboxylic acids is 1. The zero-order chi connectivity index (χ0) is 16.8. The van der Waals surface area contributed by atoms with Crippen molar-refractivity contribution in [3.63, 3.8) is 0 Å². The van der Waals surface area contributed by atoms with E-state index in [4.69, 9.17) is 5.11 Å². The molecular weight excluding hydrogens is 300 g/mol. The molecule has 1 atom stereocenters. The number of likely N-dealkylation sites (tertiary alicyclic amines) is 1. The maximum Gasteiger partial charge on any atom is 0.335 e. The predicted octanol–water partition coefficient (Wildman–Crippen LogP) is 3.31. The molecule has 1 fully saturated rings. The summed E-state index contributed by atoms with van der Waals surface area (Å²) < 4.78 is 0. The zero-order valence-electron chi connectivity index (χ0n) is 13.8. The van der Waals surface area contributed by atoms with E-state index in [-0.39, 0.29) is 6.04 Å². The Morgan fingerprint density at radius 3 is 2.54 bits per heavy atom. The summed E-state index contributed by atoms with van der Waals surface area (Å²) in [6, 6.07) is 17.9. The van der Waals surface area contributed by atoms with E-state index in [0.717, 1.165) is 12.1 Å². The van der Waals surface area contributed by atoms with Gasteiger partial charge in [-0.2, -0.15) is 0 Å². The number of nitrogens with zero attached hydrogens (tertiary/aromatic N) is 1. The van der Waals surface area contributed by atoms with Crippen LogP contribution in [0.4, 0.5) is 0 Å². The van der Waals surface area contributed by atoms with Crippen LogP contribution in [0, 0.1) is 0 Å². The summed E-state index contributed by atoms with van der Waals surface area (Å²) in [5.41, 5.74) is 2.61. The van der Waals surface area contributed by atoms with Gasteiger partial charge in [-0.15, -0.1) is 0 Å². The molecule has 1 unspecified atom stereocenters. The lowest BCUT2D eigenvalue weighted by molar-refractivity contribution is 0.0696. The highest BCUT2D eigenvalue weighted by Gasteiger charge is 2.18. The third-order valence-corrected chi connectivity index (χ3v) is 4.57. The van der Waals surface area contributed by atoms with Crippen LogP contribution in [0.1, 0.15) is 40.4 Å². The smallest absolute Gasteiger partial charge is 0.335 e. The van der Waals surface area contributed by atoms with Gasteiger partial charge in [0.1, 0.15) is 0 Å². The number of carbonyl (C=O) groups is 1. The first-order chi connectivity index (χ1) is 11.7. The van der Waals surface area contributed by atoms with Crippen molar-refractivity contribution >= 4 is 5.97 Å². The van der Waals surface area contributed by atoms with E-state index < -0.39 is 5.97 Å². The molecule has 24 heavy (non-hydrogen) atoms. The summed E-state index contributed by atoms with van der Waals surface area (Å²) >= 11 is 0. The molecule has 0 bridgehead atoms. The van der Waals surface area contributed by atoms with Crippen LogP contribution in [0.25, 0.3) is 0 Å². The lowest BCUT2D eigenvalue weighted by Gasteiger charge is -2.25. The first-order valence-electron chi connectivity index (χ1n) is 8.55. The third-order valence-electron chi connectivity index (χ3n) is 4.57. The topological polar surface area (TPSA) is 52.6 Å². The summed E-state index contributed by atoms with van der Waals surface area (Å²) in [7, 11) is 0. The van der Waals surface area contributed by atoms with Crippen molar-refractivity contribution in [1.82, 2.24) is 10.2 Å². The molecule has 0 amide bonds. The molecule has 0 spiro atoms. The quantitative estimate of drug-likeness (QED) is 0.820. The molecule has 1 aliphatic rings. The molecule has 1 saturated heterocycles. The van der Waals surface area contributed by atoms with Crippen molar-refractivity contribution in [3.05, 3.63) is 71.3 Å². The lowest BCUT2D eigenvalue weighted by atomic mass is 10.1. The molecule has 2 aromatic rings. The molecule has 1 aliphatic heterocycles. The van der Waals surface area contributed by atoms with Gasteiger partial charge in [0.05, 0.1) is 5.56 Å². The highest BCUT2D eigenvalue weighted by Crippen LogP contribution is 2.18. The van der Waals surface area contributed by atoms with Gasteiger partial charge in [-0.25, -0.2) is 4.79 Å². The second kappa shape index (κ2) is 8.08. The zero-order valence-corrected chi connectivity index (χ0v) is 13.8. The molecule has 2 N–H and O–H groups in total. The Kier molecular flexibility index (Phi) is 5.62. The Hall–Kier alpha value is -2.17. The number of hydrogen-bond donors (Lipinski definition) is 2. The first-order valence-corrected chi connectivity index (χ1v) is 8.55. The second-order valence-electron chi connectivity index (χ2n) is 6.36. The van der Waals surface area contributed by atoms with Gasteiger partial charge < -0.3 is 15.3 Å². The van der Waals surface area contributed by atoms with E-state index in [0.29, 0.717) is 12.1 Å². The van der Waals surface area contributed by atoms with E-state index >= 15 is 0 Å². The van der Waals surface area contributed by atoms with Gasteiger partial charge in [-0.1, -0.05) is 42.5 Å². The number of hydrogen-bond acceptors (Lipinski definition) is 3. The first kappa shape index (κ1) is 16.7. The Bertz CT molecular complexity index is 666. The fraction of sp³-hybridized carbons (Fsp3) is 0.350. The molecule has 1 heterocycles. The van der Waals surface area contributed by atoms with E-state index in [2.05, 4.69) is 34.5 Å². The highest BCUT2D eigenvalue weighted by molar-refractivity contribution is 5.87. The SMILES string of the molecule is O=C(O)c1cccc(CNC(CN2CCCC2)c2ccccc2)c1. The van der Waals surface area contributed by atoms with Gasteiger partial charge in [-0.3, -0.25) is 0 Å². The molecule has 3 rings (SSSR count). The van der Waals surface area contributed by atoms with Gasteiger partial charge in [0.25, 0.3) is 0 Å². The molecule has 0 saturated carbocycles. The maximum absolute atomic E-state index is 11.1. The Labute approximate surface area is 143 Å². The molecule has 126 valence electrons. The van der Waals surface area contributed by atoms with Crippen LogP contribution in [0.15, 0.2) is 54.6 Å². The van der Waals surface area contributed by atoms with Crippen molar-refractivity contribution in [3.8, 4) is 0 Å². The van der Waals surface area contributed by atoms with E-state index in [1.54, 1.807) is 18.2 Å². The van der Waals surface area contributed by atoms with Crippen molar-refractivity contribution in [2.24, 2.45) is 0 Å². The molecule has 4 heteroatoms. The number of nitrogens with one attached hydrogen (secondary N) is 1. The Morgan fingerprint density at radius 2 is 1.83 bits per heavy atom. The van der Waals surface area contributed by atoms with E-state index in [1.807, 2.05) is 12.1 Å². The van der Waals surface area contributed by atoms with Crippen LogP contribution < -0.4 is 5.32 Å². The average Bonchev–Trinajstić information content (AvgIpc) is 3.12. The summed E-state index contributed by atoms with van der Waals surface area (Å²) in [6.07, 6.45) is 2.56. The van der Waals surface area contributed by atoms with E-state index in [9.17, 15) is 4.79 Å². The van der Waals surface area contributed by atoms with Gasteiger partial charge in [0.15, 0.2) is 0 Å². The minimum atomic E-state index is -0.881. The number of rotatable bonds is 7. The van der Waals surface area contributed by atoms with Crippen LogP contribution in [0.5, 0.6) is 0 Å². The number of benzene rings is 2. The van der Waals surface area contributed by atoms with Crippen LogP contribution >= 0.6 is 0 Å². The van der Waals surface area contributed by atoms with Crippen molar-refractivity contribution in [1.29, 1.82) is 0 Å². The van der Waals surface area contributed by atoms with Gasteiger partial charge >= 0.3 is 5.97 Å². The van der Waals surface area contributed by atoms with Gasteiger partial charge in [0, 0.05) is 19.1 Å². The van der Waals surface area contributed by atoms with E-state index in [1.165, 1.54) is 31.5 Å². The van der Waals surface area contributed by atoms with Crippen LogP contribution in [-0.4, -0.2) is 35.6 Å². The fourth-order valence-electron chi connectivity index (χ4n) is 3.25. The normalized spacial score (nSPS) is 16.2. The second-order valence-corrected chi connectivity index (χ2v) is 6.36. The molecular formula is C20H24N2O2. The minimum Gasteiger partial charge on any atom is -0.478 e. The Morgan fingerprint density at radius 1 is 1.08 bits per heavy atom. The van der Waals surface area contributed by atoms with Crippen LogP contribution in [0.3, 0.4) is 0 Å². The maximum atomic E-state index is 11.1. The molecule has 0 radical (unpaired) electrons.